The van der Waals surface area contributed by atoms with E-state index in [0.717, 1.165) is 0 Å². The molecule has 0 bridgehead atoms. The smallest absolute Gasteiger partial charge is 0.330 e. The van der Waals surface area contributed by atoms with Gasteiger partial charge in [-0.2, -0.15) is 4.98 Å². The summed E-state index contributed by atoms with van der Waals surface area (Å²) in [7, 11) is 0. The van der Waals surface area contributed by atoms with E-state index in [4.69, 9.17) is 5.11 Å². The predicted molar refractivity (Wildman–Crippen MR) is 80.7 cm³/mol. The van der Waals surface area contributed by atoms with Crippen LogP contribution in [0.2, 0.25) is 0 Å². The molecule has 0 saturated heterocycles. The summed E-state index contributed by atoms with van der Waals surface area (Å²) in [5, 5.41) is 11.9. The Balaban J connectivity index is 2.73. The summed E-state index contributed by atoms with van der Waals surface area (Å²) in [6.07, 6.45) is 0. The molecule has 0 amide bonds. The highest BCUT2D eigenvalue weighted by atomic mass is 16.3. The summed E-state index contributed by atoms with van der Waals surface area (Å²) in [5.74, 6) is 0.729. The molecular formula is C13H21N5O3. The van der Waals surface area contributed by atoms with Crippen LogP contribution >= 0.6 is 0 Å². The molecule has 2 heterocycles. The molecular weight excluding hydrogens is 274 g/mol. The van der Waals surface area contributed by atoms with E-state index in [9.17, 15) is 9.59 Å². The minimum Gasteiger partial charge on any atom is -0.395 e. The first-order valence-corrected chi connectivity index (χ1v) is 7.07. The topological polar surface area (TPSA) is 105 Å². The van der Waals surface area contributed by atoms with E-state index in [1.165, 1.54) is 4.57 Å². The number of H-pyrrole nitrogens is 1. The summed E-state index contributed by atoms with van der Waals surface area (Å²) >= 11 is 0. The Morgan fingerprint density at radius 2 is 2.05 bits per heavy atom. The van der Waals surface area contributed by atoms with Gasteiger partial charge >= 0.3 is 5.69 Å². The lowest BCUT2D eigenvalue weighted by Gasteiger charge is -2.08. The number of imidazole rings is 1. The third kappa shape index (κ3) is 2.85. The maximum atomic E-state index is 12.1. The second-order valence-corrected chi connectivity index (χ2v) is 5.27. The molecule has 2 aromatic rings. The Kier molecular flexibility index (Phi) is 4.46. The molecule has 0 saturated carbocycles. The van der Waals surface area contributed by atoms with Crippen LogP contribution in [-0.2, 0) is 13.1 Å². The van der Waals surface area contributed by atoms with Crippen LogP contribution in [0.4, 0.5) is 5.95 Å². The molecule has 0 unspecified atom stereocenters. The van der Waals surface area contributed by atoms with Gasteiger partial charge in [0.05, 0.1) is 6.61 Å². The van der Waals surface area contributed by atoms with Crippen molar-refractivity contribution in [2.75, 3.05) is 18.5 Å². The van der Waals surface area contributed by atoms with Gasteiger partial charge in [0.1, 0.15) is 0 Å². The standard InChI is InChI=1S/C13H21N5O3/c1-4-17-9-10(15-12(17)14-5-6-19)18(7-8(2)3)13(21)16-11(9)20/h8,19H,4-7H2,1-3H3,(H,14,15)(H,16,20,21). The van der Waals surface area contributed by atoms with Crippen molar-refractivity contribution in [3.63, 3.8) is 0 Å². The number of anilines is 1. The van der Waals surface area contributed by atoms with Gasteiger partial charge in [-0.25, -0.2) is 4.79 Å². The number of aryl methyl sites for hydroxylation is 1. The van der Waals surface area contributed by atoms with Gasteiger partial charge in [0.25, 0.3) is 5.56 Å². The molecule has 0 aliphatic rings. The van der Waals surface area contributed by atoms with Gasteiger partial charge in [-0.1, -0.05) is 13.8 Å². The second-order valence-electron chi connectivity index (χ2n) is 5.27. The van der Waals surface area contributed by atoms with E-state index < -0.39 is 11.2 Å². The quantitative estimate of drug-likeness (QED) is 0.694. The largest absolute Gasteiger partial charge is 0.395 e. The number of aliphatic hydroxyl groups is 1. The summed E-state index contributed by atoms with van der Waals surface area (Å²) < 4.78 is 3.19. The highest BCUT2D eigenvalue weighted by Crippen LogP contribution is 2.16. The monoisotopic (exact) mass is 295 g/mol. The minimum atomic E-state index is -0.448. The van der Waals surface area contributed by atoms with Crippen molar-refractivity contribution in [3.05, 3.63) is 20.8 Å². The zero-order valence-electron chi connectivity index (χ0n) is 12.5. The number of aromatic amines is 1. The first-order chi connectivity index (χ1) is 9.99. The normalized spacial score (nSPS) is 11.5. The predicted octanol–water partition coefficient (Wildman–Crippen LogP) is -0.0336. The number of fused-ring (bicyclic) bond motifs is 1. The molecule has 0 spiro atoms. The maximum absolute atomic E-state index is 12.1. The lowest BCUT2D eigenvalue weighted by molar-refractivity contribution is 0.310. The third-order valence-corrected chi connectivity index (χ3v) is 3.14. The first-order valence-electron chi connectivity index (χ1n) is 7.07. The molecule has 0 fully saturated rings. The number of nitrogens with zero attached hydrogens (tertiary/aromatic N) is 3. The van der Waals surface area contributed by atoms with Crippen LogP contribution in [0.25, 0.3) is 11.2 Å². The summed E-state index contributed by atoms with van der Waals surface area (Å²) in [5.41, 5.74) is -0.144. The molecule has 0 aliphatic carbocycles. The van der Waals surface area contributed by atoms with Crippen LogP contribution in [0.15, 0.2) is 9.59 Å². The van der Waals surface area contributed by atoms with Crippen LogP contribution < -0.4 is 16.6 Å². The van der Waals surface area contributed by atoms with E-state index in [2.05, 4.69) is 15.3 Å². The number of rotatable bonds is 6. The van der Waals surface area contributed by atoms with Crippen molar-refractivity contribution in [3.8, 4) is 0 Å². The molecule has 116 valence electrons. The highest BCUT2D eigenvalue weighted by Gasteiger charge is 2.17. The molecule has 0 aromatic carbocycles. The average Bonchev–Trinajstić information content (AvgIpc) is 2.79. The Labute approximate surface area is 121 Å². The van der Waals surface area contributed by atoms with Gasteiger partial charge < -0.3 is 15.0 Å². The summed E-state index contributed by atoms with van der Waals surface area (Å²) in [6.45, 7) is 7.18. The van der Waals surface area contributed by atoms with E-state index in [0.29, 0.717) is 36.7 Å². The molecule has 0 aliphatic heterocycles. The zero-order valence-corrected chi connectivity index (χ0v) is 12.5. The number of hydrogen-bond acceptors (Lipinski definition) is 5. The molecule has 0 radical (unpaired) electrons. The molecule has 2 aromatic heterocycles. The highest BCUT2D eigenvalue weighted by molar-refractivity contribution is 5.74. The summed E-state index contributed by atoms with van der Waals surface area (Å²) in [6, 6.07) is 0. The summed E-state index contributed by atoms with van der Waals surface area (Å²) in [4.78, 5) is 30.8. The van der Waals surface area contributed by atoms with Crippen molar-refractivity contribution in [1.29, 1.82) is 0 Å². The van der Waals surface area contributed by atoms with Crippen molar-refractivity contribution < 1.29 is 5.11 Å². The van der Waals surface area contributed by atoms with E-state index in [1.807, 2.05) is 20.8 Å². The Morgan fingerprint density at radius 3 is 2.62 bits per heavy atom. The fraction of sp³-hybridized carbons (Fsp3) is 0.615. The first kappa shape index (κ1) is 15.3. The Morgan fingerprint density at radius 1 is 1.33 bits per heavy atom. The zero-order chi connectivity index (χ0) is 15.6. The molecule has 2 rings (SSSR count). The number of aliphatic hydroxyl groups excluding tert-OH is 1. The van der Waals surface area contributed by atoms with Gasteiger partial charge in [0.2, 0.25) is 5.95 Å². The van der Waals surface area contributed by atoms with Gasteiger partial charge in [0, 0.05) is 19.6 Å². The van der Waals surface area contributed by atoms with Crippen LogP contribution in [0.5, 0.6) is 0 Å². The van der Waals surface area contributed by atoms with Crippen molar-refractivity contribution in [1.82, 2.24) is 19.1 Å². The van der Waals surface area contributed by atoms with E-state index >= 15 is 0 Å². The molecule has 0 atom stereocenters. The molecule has 8 nitrogen and oxygen atoms in total. The fourth-order valence-corrected chi connectivity index (χ4v) is 2.32. The molecule has 8 heteroatoms. The van der Waals surface area contributed by atoms with Gasteiger partial charge in [0.15, 0.2) is 11.2 Å². The van der Waals surface area contributed by atoms with Crippen molar-refractivity contribution in [2.24, 2.45) is 5.92 Å². The molecule has 21 heavy (non-hydrogen) atoms. The Bertz CT molecular complexity index is 741. The number of hydrogen-bond donors (Lipinski definition) is 3. The van der Waals surface area contributed by atoms with E-state index in [1.54, 1.807) is 4.57 Å². The number of aromatic nitrogens is 4. The maximum Gasteiger partial charge on any atom is 0.330 e. The lowest BCUT2D eigenvalue weighted by atomic mass is 10.2. The fourth-order valence-electron chi connectivity index (χ4n) is 2.32. The van der Waals surface area contributed by atoms with E-state index in [-0.39, 0.29) is 12.5 Å². The van der Waals surface area contributed by atoms with Crippen LogP contribution in [-0.4, -0.2) is 37.4 Å². The lowest BCUT2D eigenvalue weighted by Crippen LogP contribution is -2.32. The van der Waals surface area contributed by atoms with Gasteiger partial charge in [-0.05, 0) is 12.8 Å². The third-order valence-electron chi connectivity index (χ3n) is 3.14. The van der Waals surface area contributed by atoms with Crippen LogP contribution in [0.1, 0.15) is 20.8 Å². The van der Waals surface area contributed by atoms with Crippen molar-refractivity contribution >= 4 is 17.1 Å². The minimum absolute atomic E-state index is 0.0396. The second kappa shape index (κ2) is 6.13. The van der Waals surface area contributed by atoms with Crippen molar-refractivity contribution in [2.45, 2.75) is 33.9 Å². The number of nitrogens with one attached hydrogen (secondary N) is 2. The average molecular weight is 295 g/mol. The Hall–Kier alpha value is -2.09. The van der Waals surface area contributed by atoms with Crippen LogP contribution in [0.3, 0.4) is 0 Å². The van der Waals surface area contributed by atoms with Gasteiger partial charge in [-0.3, -0.25) is 14.3 Å². The SMILES string of the molecule is CCn1c(NCCO)nc2c1c(=O)[nH]c(=O)n2CC(C)C. The molecule has 3 N–H and O–H groups in total. The van der Waals surface area contributed by atoms with Crippen LogP contribution in [0, 0.1) is 5.92 Å². The van der Waals surface area contributed by atoms with Gasteiger partial charge in [-0.15, -0.1) is 0 Å².